The van der Waals surface area contributed by atoms with Crippen molar-refractivity contribution in [2.24, 2.45) is 0 Å². The summed E-state index contributed by atoms with van der Waals surface area (Å²) in [6.07, 6.45) is 5.62. The lowest BCUT2D eigenvalue weighted by Crippen LogP contribution is -2.29. The molecule has 0 bridgehead atoms. The Balaban J connectivity index is 1.71. The summed E-state index contributed by atoms with van der Waals surface area (Å²) in [5.41, 5.74) is 4.32. The van der Waals surface area contributed by atoms with Crippen molar-refractivity contribution in [3.8, 4) is 0 Å². The summed E-state index contributed by atoms with van der Waals surface area (Å²) >= 11 is 6.35. The summed E-state index contributed by atoms with van der Waals surface area (Å²) in [4.78, 5) is 26.7. The Morgan fingerprint density at radius 1 is 1.14 bits per heavy atom. The maximum Gasteiger partial charge on any atom is 0.272 e. The molecule has 3 aromatic rings. The molecule has 0 fully saturated rings. The fourth-order valence-corrected chi connectivity index (χ4v) is 3.26. The summed E-state index contributed by atoms with van der Waals surface area (Å²) in [6, 6.07) is 9.45. The third-order valence-electron chi connectivity index (χ3n) is 4.40. The van der Waals surface area contributed by atoms with Crippen LogP contribution in [0.3, 0.4) is 0 Å². The number of anilines is 2. The van der Waals surface area contributed by atoms with Gasteiger partial charge < -0.3 is 10.2 Å². The number of likely N-dealkylation sites (N-methyl/N-ethyl adjacent to an activating group) is 1. The number of aryl methyl sites for hydroxylation is 2. The number of nitrogens with zero attached hydrogens (tertiary/aromatic N) is 4. The van der Waals surface area contributed by atoms with E-state index in [9.17, 15) is 4.79 Å². The first kappa shape index (κ1) is 19.8. The van der Waals surface area contributed by atoms with Gasteiger partial charge in [-0.3, -0.25) is 9.78 Å². The van der Waals surface area contributed by atoms with Gasteiger partial charge in [0.15, 0.2) is 0 Å². The summed E-state index contributed by atoms with van der Waals surface area (Å²) in [5, 5.41) is 3.81. The van der Waals surface area contributed by atoms with Crippen LogP contribution < -0.4 is 5.32 Å². The van der Waals surface area contributed by atoms with E-state index in [2.05, 4.69) is 20.3 Å². The highest BCUT2D eigenvalue weighted by molar-refractivity contribution is 6.33. The second-order valence-corrected chi connectivity index (χ2v) is 7.09. The van der Waals surface area contributed by atoms with Crippen LogP contribution >= 0.6 is 11.6 Å². The molecule has 2 aromatic heterocycles. The number of nitrogens with one attached hydrogen (secondary N) is 1. The van der Waals surface area contributed by atoms with Crippen LogP contribution in [0.1, 0.15) is 27.2 Å². The Kier molecular flexibility index (Phi) is 6.21. The number of pyridine rings is 1. The smallest absolute Gasteiger partial charge is 0.272 e. The molecule has 0 spiro atoms. The molecule has 0 aliphatic carbocycles. The first-order valence-electron chi connectivity index (χ1n) is 8.94. The van der Waals surface area contributed by atoms with Crippen LogP contribution in [0, 0.1) is 13.8 Å². The molecule has 0 unspecified atom stereocenters. The summed E-state index contributed by atoms with van der Waals surface area (Å²) < 4.78 is 0. The molecule has 28 heavy (non-hydrogen) atoms. The fourth-order valence-electron chi connectivity index (χ4n) is 2.89. The average Bonchev–Trinajstić information content (AvgIpc) is 2.69. The van der Waals surface area contributed by atoms with Crippen molar-refractivity contribution in [2.75, 3.05) is 18.9 Å². The minimum absolute atomic E-state index is 0.161. The number of aromatic nitrogens is 3. The predicted octanol–water partition coefficient (Wildman–Crippen LogP) is 4.20. The van der Waals surface area contributed by atoms with Gasteiger partial charge in [-0.05, 0) is 55.2 Å². The molecule has 1 aromatic carbocycles. The molecule has 0 aliphatic rings. The highest BCUT2D eigenvalue weighted by atomic mass is 35.5. The number of rotatable bonds is 6. The average molecular weight is 396 g/mol. The van der Waals surface area contributed by atoms with Gasteiger partial charge in [-0.1, -0.05) is 17.7 Å². The Hall–Kier alpha value is -2.99. The molecule has 0 aliphatic heterocycles. The third-order valence-corrected chi connectivity index (χ3v) is 4.70. The maximum absolute atomic E-state index is 12.7. The molecule has 2 heterocycles. The van der Waals surface area contributed by atoms with Gasteiger partial charge in [0, 0.05) is 32.1 Å². The number of benzene rings is 1. The van der Waals surface area contributed by atoms with Crippen LogP contribution in [0.4, 0.5) is 11.5 Å². The zero-order valence-electron chi connectivity index (χ0n) is 16.1. The lowest BCUT2D eigenvalue weighted by Gasteiger charge is -2.17. The molecule has 3 rings (SSSR count). The van der Waals surface area contributed by atoms with Crippen molar-refractivity contribution >= 4 is 29.0 Å². The molecule has 1 amide bonds. The Morgan fingerprint density at radius 2 is 1.89 bits per heavy atom. The second kappa shape index (κ2) is 8.80. The van der Waals surface area contributed by atoms with Crippen molar-refractivity contribution in [3.63, 3.8) is 0 Å². The van der Waals surface area contributed by atoms with E-state index in [0.717, 1.165) is 28.8 Å². The topological polar surface area (TPSA) is 71.0 Å². The molecule has 0 radical (unpaired) electrons. The van der Waals surface area contributed by atoms with E-state index in [1.54, 1.807) is 30.4 Å². The highest BCUT2D eigenvalue weighted by Crippen LogP contribution is 2.29. The van der Waals surface area contributed by atoms with Crippen molar-refractivity contribution in [1.82, 2.24) is 19.9 Å². The minimum Gasteiger partial charge on any atom is -0.340 e. The van der Waals surface area contributed by atoms with E-state index in [0.29, 0.717) is 23.1 Å². The van der Waals surface area contributed by atoms with E-state index in [1.165, 1.54) is 6.33 Å². The van der Waals surface area contributed by atoms with E-state index >= 15 is 0 Å². The van der Waals surface area contributed by atoms with Crippen LogP contribution in [0.5, 0.6) is 0 Å². The zero-order chi connectivity index (χ0) is 20.1. The van der Waals surface area contributed by atoms with Gasteiger partial charge in [-0.2, -0.15) is 0 Å². The van der Waals surface area contributed by atoms with Gasteiger partial charge in [0.25, 0.3) is 5.91 Å². The number of amides is 1. The molecule has 0 atom stereocenters. The molecular formula is C21H22ClN5O. The van der Waals surface area contributed by atoms with E-state index < -0.39 is 0 Å². The number of carbonyl (C=O) groups is 1. The fraction of sp³-hybridized carbons (Fsp3) is 0.238. The van der Waals surface area contributed by atoms with E-state index in [4.69, 9.17) is 11.6 Å². The Labute approximate surface area is 169 Å². The molecule has 7 heteroatoms. The SMILES string of the molecule is Cc1cc(C)c(Nc2cc(C(=O)N(C)CCc3ccncc3)ncn2)c(Cl)c1. The van der Waals surface area contributed by atoms with Gasteiger partial charge in [0.2, 0.25) is 0 Å². The van der Waals surface area contributed by atoms with Crippen LogP contribution in [-0.4, -0.2) is 39.4 Å². The van der Waals surface area contributed by atoms with Crippen molar-refractivity contribution in [2.45, 2.75) is 20.3 Å². The molecule has 144 valence electrons. The van der Waals surface area contributed by atoms with Gasteiger partial charge in [0.1, 0.15) is 17.8 Å². The summed E-state index contributed by atoms with van der Waals surface area (Å²) in [5.74, 6) is 0.362. The number of hydrogen-bond acceptors (Lipinski definition) is 5. The molecular weight excluding hydrogens is 374 g/mol. The first-order chi connectivity index (χ1) is 13.4. The minimum atomic E-state index is -0.161. The highest BCUT2D eigenvalue weighted by Gasteiger charge is 2.15. The monoisotopic (exact) mass is 395 g/mol. The zero-order valence-corrected chi connectivity index (χ0v) is 16.9. The van der Waals surface area contributed by atoms with Crippen LogP contribution in [0.25, 0.3) is 0 Å². The van der Waals surface area contributed by atoms with Gasteiger partial charge in [-0.15, -0.1) is 0 Å². The van der Waals surface area contributed by atoms with Crippen molar-refractivity contribution in [3.05, 3.63) is 76.5 Å². The lowest BCUT2D eigenvalue weighted by molar-refractivity contribution is 0.0790. The predicted molar refractivity (Wildman–Crippen MR) is 111 cm³/mol. The summed E-state index contributed by atoms with van der Waals surface area (Å²) in [6.45, 7) is 4.55. The number of carbonyl (C=O) groups excluding carboxylic acids is 1. The van der Waals surface area contributed by atoms with Crippen LogP contribution in [0.15, 0.2) is 49.1 Å². The number of hydrogen-bond donors (Lipinski definition) is 1. The first-order valence-corrected chi connectivity index (χ1v) is 9.32. The normalized spacial score (nSPS) is 10.6. The number of halogens is 1. The van der Waals surface area contributed by atoms with Gasteiger partial charge >= 0.3 is 0 Å². The molecule has 1 N–H and O–H groups in total. The quantitative estimate of drug-likeness (QED) is 0.677. The molecule has 0 saturated carbocycles. The lowest BCUT2D eigenvalue weighted by atomic mass is 10.1. The molecule has 0 saturated heterocycles. The molecule has 6 nitrogen and oxygen atoms in total. The standard InChI is InChI=1S/C21H22ClN5O/c1-14-10-15(2)20(17(22)11-14)26-19-12-18(24-13-25-19)21(28)27(3)9-6-16-4-7-23-8-5-16/h4-5,7-8,10-13H,6,9H2,1-3H3,(H,24,25,26). The Morgan fingerprint density at radius 3 is 2.61 bits per heavy atom. The third kappa shape index (κ3) is 4.84. The van der Waals surface area contributed by atoms with Crippen LogP contribution in [0.2, 0.25) is 5.02 Å². The van der Waals surface area contributed by atoms with Crippen molar-refractivity contribution < 1.29 is 4.79 Å². The van der Waals surface area contributed by atoms with Crippen LogP contribution in [-0.2, 0) is 6.42 Å². The maximum atomic E-state index is 12.7. The van der Waals surface area contributed by atoms with E-state index in [-0.39, 0.29) is 5.91 Å². The van der Waals surface area contributed by atoms with Gasteiger partial charge in [0.05, 0.1) is 10.7 Å². The Bertz CT molecular complexity index is 955. The van der Waals surface area contributed by atoms with Crippen molar-refractivity contribution in [1.29, 1.82) is 0 Å². The summed E-state index contributed by atoms with van der Waals surface area (Å²) in [7, 11) is 1.76. The van der Waals surface area contributed by atoms with Gasteiger partial charge in [-0.25, -0.2) is 9.97 Å². The van der Waals surface area contributed by atoms with E-state index in [1.807, 2.05) is 38.1 Å². The second-order valence-electron chi connectivity index (χ2n) is 6.68. The largest absolute Gasteiger partial charge is 0.340 e.